The number of carbonyl (C=O) groups is 2. The molecule has 0 saturated carbocycles. The van der Waals surface area contributed by atoms with E-state index in [2.05, 4.69) is 62.6 Å². The SMILES string of the molecule is CCCCC(CC)CN1C(C(C(=O)Nc2cc(NCOC(CC)Oc3ccc(C)cc3C)ccc2C)n2nc(C)nc2C)=Nc2cc3ccccc3cc2S1(=O)=O.CCCCCCCCCCCCNS(=O)(=O)c1ccc(C)c(NC(=O)CC2=Nc3ccccc3S(=O)(=O)N2C)c1. The van der Waals surface area contributed by atoms with Crippen molar-refractivity contribution in [3.63, 3.8) is 0 Å². The zero-order valence-corrected chi connectivity index (χ0v) is 60.5. The molecule has 0 bridgehead atoms. The van der Waals surface area contributed by atoms with Crippen molar-refractivity contribution in [1.29, 1.82) is 0 Å². The lowest BCUT2D eigenvalue weighted by Gasteiger charge is -2.35. The number of anilines is 3. The predicted molar refractivity (Wildman–Crippen MR) is 387 cm³/mol. The van der Waals surface area contributed by atoms with E-state index in [1.165, 1.54) is 79.2 Å². The number of nitrogens with one attached hydrogen (secondary N) is 4. The van der Waals surface area contributed by atoms with Crippen molar-refractivity contribution in [3.05, 3.63) is 149 Å². The number of benzene rings is 6. The smallest absolute Gasteiger partial charge is 0.267 e. The van der Waals surface area contributed by atoms with E-state index in [0.29, 0.717) is 47.2 Å². The molecule has 97 heavy (non-hydrogen) atoms. The molecule has 1 aromatic heterocycles. The van der Waals surface area contributed by atoms with Gasteiger partial charge in [0, 0.05) is 43.6 Å². The Balaban J connectivity index is 0.000000264. The first-order valence-electron chi connectivity index (χ1n) is 34.0. The van der Waals surface area contributed by atoms with Gasteiger partial charge in [0.1, 0.15) is 39.8 Å². The minimum atomic E-state index is -4.15. The summed E-state index contributed by atoms with van der Waals surface area (Å²) in [6, 6.07) is 32.4. The fraction of sp³-hybridized carbons (Fsp3) is 0.452. The first kappa shape index (κ1) is 74.8. The van der Waals surface area contributed by atoms with Crippen LogP contribution in [0.2, 0.25) is 0 Å². The number of carbonyl (C=O) groups excluding carboxylic acids is 2. The molecular weight excluding hydrogens is 1290 g/mol. The number of unbranched alkanes of at least 4 members (excludes halogenated alkanes) is 10. The highest BCUT2D eigenvalue weighted by Crippen LogP contribution is 2.40. The Bertz CT molecular complexity index is 4310. The highest BCUT2D eigenvalue weighted by Gasteiger charge is 2.43. The van der Waals surface area contributed by atoms with Crippen LogP contribution in [-0.2, 0) is 44.4 Å². The van der Waals surface area contributed by atoms with Crippen LogP contribution in [0.1, 0.15) is 170 Å². The van der Waals surface area contributed by atoms with Gasteiger partial charge in [-0.15, -0.1) is 0 Å². The summed E-state index contributed by atoms with van der Waals surface area (Å²) in [7, 11) is -10.3. The summed E-state index contributed by atoms with van der Waals surface area (Å²) in [6.45, 7) is 20.3. The molecule has 0 fully saturated rings. The van der Waals surface area contributed by atoms with E-state index in [1.54, 1.807) is 57.2 Å². The Morgan fingerprint density at radius 1 is 0.629 bits per heavy atom. The molecule has 24 heteroatoms. The van der Waals surface area contributed by atoms with E-state index in [0.717, 1.165) is 82.5 Å². The summed E-state index contributed by atoms with van der Waals surface area (Å²) < 4.78 is 99.7. The largest absolute Gasteiger partial charge is 0.465 e. The van der Waals surface area contributed by atoms with Crippen molar-refractivity contribution in [2.45, 2.75) is 199 Å². The highest BCUT2D eigenvalue weighted by atomic mass is 32.2. The third-order valence-electron chi connectivity index (χ3n) is 17.5. The van der Waals surface area contributed by atoms with Gasteiger partial charge in [-0.2, -0.15) is 5.10 Å². The van der Waals surface area contributed by atoms with Gasteiger partial charge < -0.3 is 25.4 Å². The van der Waals surface area contributed by atoms with Crippen molar-refractivity contribution in [2.24, 2.45) is 15.9 Å². The maximum Gasteiger partial charge on any atom is 0.267 e. The minimum absolute atomic E-state index is 0.0417. The van der Waals surface area contributed by atoms with Crippen LogP contribution in [0.4, 0.5) is 28.4 Å². The van der Waals surface area contributed by atoms with Crippen LogP contribution >= 0.6 is 0 Å². The van der Waals surface area contributed by atoms with E-state index in [1.807, 2.05) is 82.3 Å². The molecule has 3 unspecified atom stereocenters. The Labute approximate surface area is 574 Å². The number of aryl methyl sites for hydroxylation is 6. The van der Waals surface area contributed by atoms with Gasteiger partial charge in [0.05, 0.1) is 22.7 Å². The van der Waals surface area contributed by atoms with Crippen molar-refractivity contribution >= 4 is 92.8 Å². The molecule has 522 valence electrons. The maximum absolute atomic E-state index is 14.8. The number of ether oxygens (including phenoxy) is 2. The number of aromatic nitrogens is 3. The van der Waals surface area contributed by atoms with Gasteiger partial charge in [0.15, 0.2) is 11.9 Å². The normalized spacial score (nSPS) is 14.8. The molecule has 2 aliphatic heterocycles. The second-order valence-corrected chi connectivity index (χ2v) is 30.7. The molecular formula is C73H97N11O10S3. The number of fused-ring (bicyclic) bond motifs is 3. The summed E-state index contributed by atoms with van der Waals surface area (Å²) in [5, 5.41) is 15.4. The van der Waals surface area contributed by atoms with Crippen LogP contribution in [0, 0.1) is 47.5 Å². The van der Waals surface area contributed by atoms with Gasteiger partial charge in [0.2, 0.25) is 22.2 Å². The molecule has 3 heterocycles. The van der Waals surface area contributed by atoms with Crippen molar-refractivity contribution in [2.75, 3.05) is 42.8 Å². The quantitative estimate of drug-likeness (QED) is 0.0220. The van der Waals surface area contributed by atoms with Crippen LogP contribution in [0.15, 0.2) is 140 Å². The zero-order valence-electron chi connectivity index (χ0n) is 58.1. The summed E-state index contributed by atoms with van der Waals surface area (Å²) in [5.74, 6) is 0.869. The van der Waals surface area contributed by atoms with Gasteiger partial charge in [-0.25, -0.2) is 49.6 Å². The second-order valence-electron chi connectivity index (χ2n) is 25.1. The van der Waals surface area contributed by atoms with Gasteiger partial charge in [-0.3, -0.25) is 18.2 Å². The van der Waals surface area contributed by atoms with E-state index < -0.39 is 54.2 Å². The van der Waals surface area contributed by atoms with E-state index in [4.69, 9.17) is 14.5 Å². The fourth-order valence-electron chi connectivity index (χ4n) is 11.7. The molecule has 7 aromatic rings. The molecule has 0 saturated heterocycles. The van der Waals surface area contributed by atoms with E-state index in [9.17, 15) is 34.8 Å². The van der Waals surface area contributed by atoms with Gasteiger partial charge in [0.25, 0.3) is 26.0 Å². The zero-order chi connectivity index (χ0) is 70.0. The Kier molecular flexibility index (Phi) is 26.6. The number of rotatable bonds is 33. The van der Waals surface area contributed by atoms with Gasteiger partial charge >= 0.3 is 0 Å². The summed E-state index contributed by atoms with van der Waals surface area (Å²) in [5.41, 5.74) is 5.84. The Hall–Kier alpha value is -8.03. The molecule has 0 aliphatic carbocycles. The lowest BCUT2D eigenvalue weighted by atomic mass is 9.99. The molecule has 2 aliphatic rings. The number of amides is 2. The molecule has 2 amide bonds. The number of nitrogens with zero attached hydrogens (tertiary/aromatic N) is 7. The summed E-state index contributed by atoms with van der Waals surface area (Å²) in [4.78, 5) is 41.9. The molecule has 3 atom stereocenters. The average Bonchev–Trinajstić information content (AvgIpc) is 1.31. The topological polar surface area (TPSA) is 265 Å². The Morgan fingerprint density at radius 3 is 1.94 bits per heavy atom. The first-order valence-corrected chi connectivity index (χ1v) is 38.4. The minimum Gasteiger partial charge on any atom is -0.465 e. The van der Waals surface area contributed by atoms with Crippen LogP contribution in [0.3, 0.4) is 0 Å². The highest BCUT2D eigenvalue weighted by molar-refractivity contribution is 7.90. The van der Waals surface area contributed by atoms with Crippen LogP contribution in [0.5, 0.6) is 5.75 Å². The molecule has 9 rings (SSSR count). The lowest BCUT2D eigenvalue weighted by molar-refractivity contribution is -0.118. The van der Waals surface area contributed by atoms with Gasteiger partial charge in [-0.05, 0) is 142 Å². The van der Waals surface area contributed by atoms with Crippen LogP contribution in [-0.4, -0.2) is 105 Å². The number of aliphatic imine (C=N–C) groups is 2. The average molecular weight is 1380 g/mol. The number of para-hydroxylation sites is 1. The fourth-order valence-corrected chi connectivity index (χ4v) is 15.8. The van der Waals surface area contributed by atoms with E-state index >= 15 is 0 Å². The lowest BCUT2D eigenvalue weighted by Crippen LogP contribution is -2.49. The first-order chi connectivity index (χ1) is 46.4. The van der Waals surface area contributed by atoms with Crippen molar-refractivity contribution in [1.82, 2.24) is 28.1 Å². The molecule has 0 radical (unpaired) electrons. The number of hydrogen-bond acceptors (Lipinski definition) is 15. The monoisotopic (exact) mass is 1380 g/mol. The molecule has 21 nitrogen and oxygen atoms in total. The molecule has 6 aromatic carbocycles. The second kappa shape index (κ2) is 34.5. The third-order valence-corrected chi connectivity index (χ3v) is 22.6. The summed E-state index contributed by atoms with van der Waals surface area (Å²) in [6.07, 6.45) is 15.2. The maximum atomic E-state index is 14.8. The molecule has 0 spiro atoms. The number of amidine groups is 2. The number of hydrogen-bond donors (Lipinski definition) is 4. The summed E-state index contributed by atoms with van der Waals surface area (Å²) >= 11 is 0. The Morgan fingerprint density at radius 2 is 1.28 bits per heavy atom. The van der Waals surface area contributed by atoms with Crippen LogP contribution < -0.4 is 25.4 Å². The van der Waals surface area contributed by atoms with Gasteiger partial charge in [-0.1, -0.05) is 171 Å². The van der Waals surface area contributed by atoms with Crippen LogP contribution in [0.25, 0.3) is 10.8 Å². The standard InChI is InChI=1S/C44H55N7O5S.C29H42N4O5S2/c1-9-12-15-33(10-2)26-50-43(47-38-23-34-16-13-14-17-35(34)24-40(38)57(50,53)54)42(51-32(8)46-31(7)49-51)44(52)48-37-25-36(20-19-29(37)5)45-27-55-41(11-3)56-39-21-18-28(4)22-30(39)6;1-4-5-6-7-8-9-10-11-12-15-20-30-39(35,36)24-19-18-23(2)26(21-24)32-29(34)22-28-31-25-16-13-14-17-27(25)40(37,38)33(28)3/h13-14,16-25,33,41-42,45H,9-12,15,26-27H2,1-8H3,(H,48,52);13-14,16-19,21,30H,4-12,15,20,22H2,1-3H3,(H,32,34). The predicted octanol–water partition coefficient (Wildman–Crippen LogP) is 15.2. The van der Waals surface area contributed by atoms with Crippen molar-refractivity contribution in [3.8, 4) is 5.75 Å². The molecule has 4 N–H and O–H groups in total. The van der Waals surface area contributed by atoms with E-state index in [-0.39, 0.29) is 63.3 Å². The third kappa shape index (κ3) is 19.4. The number of sulfonamides is 3. The van der Waals surface area contributed by atoms with Crippen molar-refractivity contribution < 1.29 is 44.3 Å².